The first-order valence-electron chi connectivity index (χ1n) is 12.1. The number of fused-ring (bicyclic) bond motifs is 1. The number of thiocarbonyl (C=S) groups is 1. The van der Waals surface area contributed by atoms with Crippen LogP contribution < -0.4 is 10.2 Å². The number of benzene rings is 2. The zero-order chi connectivity index (χ0) is 26.4. The summed E-state index contributed by atoms with van der Waals surface area (Å²) < 4.78 is 0.369. The lowest BCUT2D eigenvalue weighted by atomic mass is 10.1. The third-order valence-electron chi connectivity index (χ3n) is 6.15. The van der Waals surface area contributed by atoms with Crippen LogP contribution in [-0.2, 0) is 25.6 Å². The van der Waals surface area contributed by atoms with Crippen molar-refractivity contribution in [3.8, 4) is 0 Å². The molecule has 2 aliphatic heterocycles. The Bertz CT molecular complexity index is 1260. The van der Waals surface area contributed by atoms with Crippen molar-refractivity contribution in [2.45, 2.75) is 32.1 Å². The fourth-order valence-electron chi connectivity index (χ4n) is 4.31. The average Bonchev–Trinajstić information content (AvgIpc) is 3.31. The molecule has 0 unspecified atom stereocenters. The van der Waals surface area contributed by atoms with Gasteiger partial charge in [-0.3, -0.25) is 29.0 Å². The zero-order valence-corrected chi connectivity index (χ0v) is 21.8. The van der Waals surface area contributed by atoms with Crippen LogP contribution in [0.1, 0.15) is 36.8 Å². The molecule has 2 heterocycles. The maximum atomic E-state index is 13.5. The average molecular weight is 538 g/mol. The highest BCUT2D eigenvalue weighted by Gasteiger charge is 2.42. The Hall–Kier alpha value is -3.50. The minimum Gasteiger partial charge on any atom is -0.481 e. The van der Waals surface area contributed by atoms with Crippen molar-refractivity contribution in [1.82, 2.24) is 10.2 Å². The fourth-order valence-corrected chi connectivity index (χ4v) is 5.69. The molecule has 2 aromatic carbocycles. The van der Waals surface area contributed by atoms with Crippen LogP contribution in [0.15, 0.2) is 59.5 Å². The molecule has 1 fully saturated rings. The van der Waals surface area contributed by atoms with Crippen molar-refractivity contribution in [1.29, 1.82) is 0 Å². The van der Waals surface area contributed by atoms with E-state index in [1.165, 1.54) is 9.80 Å². The molecule has 1 saturated heterocycles. The molecule has 10 heteroatoms. The number of carbonyl (C=O) groups excluding carboxylic acids is 3. The van der Waals surface area contributed by atoms with Crippen LogP contribution in [0.4, 0.5) is 5.69 Å². The number of unbranched alkanes of at least 4 members (excludes halogenated alkanes) is 2. The van der Waals surface area contributed by atoms with E-state index in [0.29, 0.717) is 54.3 Å². The number of amides is 3. The number of hydrogen-bond donors (Lipinski definition) is 2. The SMILES string of the molecule is O=C(O)CCCCCN1C(=O)/C(=C2/C(=O)N(CC(=O)NCCc3ccccc3)c3ccccc32)SC1=S. The van der Waals surface area contributed by atoms with Crippen molar-refractivity contribution in [3.63, 3.8) is 0 Å². The van der Waals surface area contributed by atoms with E-state index in [4.69, 9.17) is 17.3 Å². The standard InChI is InChI=1S/C27H27N3O5S2/c31-21(28-15-14-18-9-3-1-4-10-18)17-30-20-12-7-6-11-19(20)23(25(30)34)24-26(35)29(27(36)37-24)16-8-2-5-13-22(32)33/h1,3-4,6-7,9-12H,2,5,8,13-17H2,(H,28,31)(H,32,33)/b24-23-. The van der Waals surface area contributed by atoms with Gasteiger partial charge in [0.1, 0.15) is 10.9 Å². The Labute approximate surface area is 224 Å². The van der Waals surface area contributed by atoms with E-state index < -0.39 is 11.9 Å². The lowest BCUT2D eigenvalue weighted by molar-refractivity contribution is -0.137. The van der Waals surface area contributed by atoms with Gasteiger partial charge in [0.25, 0.3) is 11.8 Å². The van der Waals surface area contributed by atoms with Gasteiger partial charge in [0.15, 0.2) is 0 Å². The van der Waals surface area contributed by atoms with Gasteiger partial charge in [0, 0.05) is 25.1 Å². The Morgan fingerprint density at radius 3 is 2.41 bits per heavy atom. The van der Waals surface area contributed by atoms with E-state index in [2.05, 4.69) is 5.32 Å². The summed E-state index contributed by atoms with van der Waals surface area (Å²) in [5.41, 5.74) is 2.56. The first-order valence-corrected chi connectivity index (χ1v) is 13.3. The summed E-state index contributed by atoms with van der Waals surface area (Å²) >= 11 is 6.52. The third kappa shape index (κ3) is 6.26. The summed E-state index contributed by atoms with van der Waals surface area (Å²) in [5, 5.41) is 11.6. The van der Waals surface area contributed by atoms with Crippen LogP contribution in [-0.4, -0.2) is 57.7 Å². The summed E-state index contributed by atoms with van der Waals surface area (Å²) in [7, 11) is 0. The van der Waals surface area contributed by atoms with Crippen LogP contribution in [0.25, 0.3) is 5.57 Å². The largest absolute Gasteiger partial charge is 0.481 e. The fraction of sp³-hybridized carbons (Fsp3) is 0.296. The number of aliphatic carboxylic acids is 1. The van der Waals surface area contributed by atoms with Crippen molar-refractivity contribution in [2.75, 3.05) is 24.5 Å². The Kier molecular flexibility index (Phi) is 8.73. The van der Waals surface area contributed by atoms with Gasteiger partial charge in [0.05, 0.1) is 16.2 Å². The minimum atomic E-state index is -0.844. The number of anilines is 1. The first-order chi connectivity index (χ1) is 17.9. The molecule has 0 spiro atoms. The smallest absolute Gasteiger partial charge is 0.303 e. The number of hydrogen-bond acceptors (Lipinski definition) is 6. The maximum absolute atomic E-state index is 13.5. The summed E-state index contributed by atoms with van der Waals surface area (Å²) in [6.45, 7) is 0.660. The number of carboxylic acid groups (broad SMARTS) is 1. The van der Waals surface area contributed by atoms with Crippen molar-refractivity contribution in [3.05, 3.63) is 70.6 Å². The van der Waals surface area contributed by atoms with E-state index in [0.717, 1.165) is 17.3 Å². The lowest BCUT2D eigenvalue weighted by Crippen LogP contribution is -2.39. The number of nitrogens with one attached hydrogen (secondary N) is 1. The summed E-state index contributed by atoms with van der Waals surface area (Å²) in [6.07, 6.45) is 2.57. The van der Waals surface area contributed by atoms with Crippen LogP contribution in [0.3, 0.4) is 0 Å². The second-order valence-electron chi connectivity index (χ2n) is 8.73. The number of rotatable bonds is 11. The van der Waals surface area contributed by atoms with Gasteiger partial charge in [0.2, 0.25) is 5.91 Å². The van der Waals surface area contributed by atoms with E-state index in [1.54, 1.807) is 24.3 Å². The molecule has 192 valence electrons. The molecule has 0 radical (unpaired) electrons. The molecule has 8 nitrogen and oxygen atoms in total. The van der Waals surface area contributed by atoms with E-state index >= 15 is 0 Å². The molecule has 2 aliphatic rings. The highest BCUT2D eigenvalue weighted by Crippen LogP contribution is 2.44. The van der Waals surface area contributed by atoms with Gasteiger partial charge in [-0.25, -0.2) is 0 Å². The lowest BCUT2D eigenvalue weighted by Gasteiger charge is -2.17. The van der Waals surface area contributed by atoms with E-state index in [-0.39, 0.29) is 35.3 Å². The third-order valence-corrected chi connectivity index (χ3v) is 7.60. The van der Waals surface area contributed by atoms with Gasteiger partial charge in [-0.1, -0.05) is 78.9 Å². The predicted octanol–water partition coefficient (Wildman–Crippen LogP) is 3.61. The molecule has 0 aromatic heterocycles. The van der Waals surface area contributed by atoms with E-state index in [9.17, 15) is 19.2 Å². The van der Waals surface area contributed by atoms with E-state index in [1.807, 2.05) is 30.3 Å². The van der Waals surface area contributed by atoms with Crippen LogP contribution in [0.5, 0.6) is 0 Å². The molecule has 0 atom stereocenters. The molecule has 37 heavy (non-hydrogen) atoms. The second-order valence-corrected chi connectivity index (χ2v) is 10.4. The monoisotopic (exact) mass is 537 g/mol. The number of para-hydroxylation sites is 1. The molecule has 4 rings (SSSR count). The molecule has 0 saturated carbocycles. The summed E-state index contributed by atoms with van der Waals surface area (Å²) in [6, 6.07) is 16.9. The quantitative estimate of drug-likeness (QED) is 0.256. The van der Waals surface area contributed by atoms with Crippen LogP contribution in [0.2, 0.25) is 0 Å². The molecule has 0 aliphatic carbocycles. The molecule has 3 amide bonds. The maximum Gasteiger partial charge on any atom is 0.303 e. The number of nitrogens with zero attached hydrogens (tertiary/aromatic N) is 2. The predicted molar refractivity (Wildman–Crippen MR) is 147 cm³/mol. The van der Waals surface area contributed by atoms with Crippen LogP contribution >= 0.6 is 24.0 Å². The number of carboxylic acids is 1. The van der Waals surface area contributed by atoms with Gasteiger partial charge in [-0.2, -0.15) is 0 Å². The summed E-state index contributed by atoms with van der Waals surface area (Å²) in [5.74, 6) is -1.86. The zero-order valence-electron chi connectivity index (χ0n) is 20.1. The van der Waals surface area contributed by atoms with Gasteiger partial charge in [-0.15, -0.1) is 0 Å². The molecular weight excluding hydrogens is 510 g/mol. The number of thioether (sulfide) groups is 1. The molecule has 2 aromatic rings. The molecule has 0 bridgehead atoms. The highest BCUT2D eigenvalue weighted by atomic mass is 32.2. The van der Waals surface area contributed by atoms with Crippen molar-refractivity contribution >= 4 is 63.3 Å². The highest BCUT2D eigenvalue weighted by molar-refractivity contribution is 8.26. The van der Waals surface area contributed by atoms with Crippen molar-refractivity contribution < 1.29 is 24.3 Å². The second kappa shape index (κ2) is 12.2. The first kappa shape index (κ1) is 26.6. The molecule has 2 N–H and O–H groups in total. The van der Waals surface area contributed by atoms with Gasteiger partial charge in [-0.05, 0) is 30.9 Å². The molecular formula is C27H27N3O5S2. The van der Waals surface area contributed by atoms with Gasteiger partial charge >= 0.3 is 5.97 Å². The number of carbonyl (C=O) groups is 4. The summed E-state index contributed by atoms with van der Waals surface area (Å²) in [4.78, 5) is 53.3. The van der Waals surface area contributed by atoms with Crippen molar-refractivity contribution in [2.24, 2.45) is 0 Å². The minimum absolute atomic E-state index is 0.0867. The Morgan fingerprint density at radius 2 is 1.65 bits per heavy atom. The van der Waals surface area contributed by atoms with Crippen LogP contribution in [0, 0.1) is 0 Å². The Morgan fingerprint density at radius 1 is 0.919 bits per heavy atom. The Balaban J connectivity index is 1.44. The van der Waals surface area contributed by atoms with Gasteiger partial charge < -0.3 is 10.4 Å². The normalized spacial score (nSPS) is 16.9. The topological polar surface area (TPSA) is 107 Å².